The van der Waals surface area contributed by atoms with Crippen LogP contribution >= 0.6 is 11.8 Å². The van der Waals surface area contributed by atoms with Crippen molar-refractivity contribution in [2.45, 2.75) is 45.3 Å². The van der Waals surface area contributed by atoms with Gasteiger partial charge in [0.25, 0.3) is 0 Å². The molecule has 0 atom stereocenters. The molecular formula is C11H22N2S. The third kappa shape index (κ3) is 6.08. The van der Waals surface area contributed by atoms with E-state index in [1.165, 1.54) is 11.2 Å². The molecular weight excluding hydrogens is 192 g/mol. The second-order valence-corrected chi connectivity index (χ2v) is 5.42. The van der Waals surface area contributed by atoms with Crippen molar-refractivity contribution in [3.8, 4) is 0 Å². The molecule has 0 spiro atoms. The molecule has 0 aliphatic carbocycles. The van der Waals surface area contributed by atoms with Gasteiger partial charge in [-0.1, -0.05) is 19.9 Å². The standard InChI is InChI=1S/C11H22N2S/c1-5-7-10(6-2)13-8-11(3,4)14-9-12/h7,9,12-13H,5-6,8H2,1-4H3/b10-7+,12-9?. The van der Waals surface area contributed by atoms with Crippen LogP contribution in [0.2, 0.25) is 0 Å². The van der Waals surface area contributed by atoms with Crippen LogP contribution in [-0.4, -0.2) is 16.8 Å². The average molecular weight is 214 g/mol. The van der Waals surface area contributed by atoms with Crippen molar-refractivity contribution in [2.75, 3.05) is 6.54 Å². The Morgan fingerprint density at radius 1 is 1.43 bits per heavy atom. The predicted octanol–water partition coefficient (Wildman–Crippen LogP) is 3.40. The molecule has 3 heteroatoms. The number of hydrogen-bond acceptors (Lipinski definition) is 3. The zero-order valence-corrected chi connectivity index (χ0v) is 10.5. The molecule has 14 heavy (non-hydrogen) atoms. The molecule has 0 rings (SSSR count). The minimum Gasteiger partial charge on any atom is -0.387 e. The van der Waals surface area contributed by atoms with E-state index in [4.69, 9.17) is 5.41 Å². The van der Waals surface area contributed by atoms with Gasteiger partial charge in [0.1, 0.15) is 0 Å². The highest BCUT2D eigenvalue weighted by atomic mass is 32.2. The van der Waals surface area contributed by atoms with Gasteiger partial charge in [-0.3, -0.25) is 0 Å². The molecule has 0 unspecified atom stereocenters. The van der Waals surface area contributed by atoms with Crippen molar-refractivity contribution in [2.24, 2.45) is 0 Å². The van der Waals surface area contributed by atoms with E-state index in [0.29, 0.717) is 0 Å². The van der Waals surface area contributed by atoms with Crippen molar-refractivity contribution in [1.82, 2.24) is 5.32 Å². The summed E-state index contributed by atoms with van der Waals surface area (Å²) in [6.45, 7) is 9.51. The highest BCUT2D eigenvalue weighted by Gasteiger charge is 2.16. The van der Waals surface area contributed by atoms with Gasteiger partial charge in [0.05, 0.1) is 5.55 Å². The Bertz CT molecular complexity index is 197. The predicted molar refractivity (Wildman–Crippen MR) is 67.1 cm³/mol. The van der Waals surface area contributed by atoms with Crippen LogP contribution in [0.5, 0.6) is 0 Å². The SMILES string of the molecule is CC/C=C(\CC)NCC(C)(C)SC=N. The summed E-state index contributed by atoms with van der Waals surface area (Å²) in [6, 6.07) is 0. The molecule has 0 aromatic rings. The lowest BCUT2D eigenvalue weighted by atomic mass is 10.2. The van der Waals surface area contributed by atoms with Gasteiger partial charge in [0.15, 0.2) is 0 Å². The molecule has 0 aliphatic rings. The molecule has 0 bridgehead atoms. The Kier molecular flexibility index (Phi) is 6.71. The first kappa shape index (κ1) is 13.6. The van der Waals surface area contributed by atoms with Crippen LogP contribution in [0.25, 0.3) is 0 Å². The number of allylic oxidation sites excluding steroid dienone is 2. The second kappa shape index (κ2) is 6.93. The molecule has 0 saturated carbocycles. The molecule has 0 radical (unpaired) electrons. The van der Waals surface area contributed by atoms with Crippen LogP contribution in [0.3, 0.4) is 0 Å². The quantitative estimate of drug-likeness (QED) is 0.503. The zero-order valence-electron chi connectivity index (χ0n) is 9.68. The summed E-state index contributed by atoms with van der Waals surface area (Å²) in [7, 11) is 0. The molecule has 0 fully saturated rings. The highest BCUT2D eigenvalue weighted by Crippen LogP contribution is 2.21. The number of rotatable bonds is 7. The second-order valence-electron chi connectivity index (χ2n) is 3.84. The van der Waals surface area contributed by atoms with Crippen molar-refractivity contribution < 1.29 is 0 Å². The first-order chi connectivity index (χ1) is 6.55. The molecule has 0 aliphatic heterocycles. The van der Waals surface area contributed by atoms with Gasteiger partial charge in [0, 0.05) is 17.0 Å². The fourth-order valence-electron chi connectivity index (χ4n) is 1.12. The minimum atomic E-state index is 0.101. The Morgan fingerprint density at radius 2 is 2.07 bits per heavy atom. The third-order valence-electron chi connectivity index (χ3n) is 1.95. The Morgan fingerprint density at radius 3 is 2.50 bits per heavy atom. The summed E-state index contributed by atoms with van der Waals surface area (Å²) in [5, 5.41) is 10.5. The minimum absolute atomic E-state index is 0.101. The molecule has 82 valence electrons. The summed E-state index contributed by atoms with van der Waals surface area (Å²) in [6.07, 6.45) is 4.36. The average Bonchev–Trinajstić information content (AvgIpc) is 2.12. The Hall–Kier alpha value is -0.440. The van der Waals surface area contributed by atoms with E-state index in [1.54, 1.807) is 11.8 Å². The first-order valence-electron chi connectivity index (χ1n) is 5.15. The van der Waals surface area contributed by atoms with E-state index in [2.05, 4.69) is 39.1 Å². The summed E-state index contributed by atoms with van der Waals surface area (Å²) in [5.74, 6) is 0. The maximum Gasteiger partial charge on any atom is 0.0512 e. The number of hydrogen-bond donors (Lipinski definition) is 2. The summed E-state index contributed by atoms with van der Waals surface area (Å²) < 4.78 is 0.101. The van der Waals surface area contributed by atoms with Gasteiger partial charge in [-0.15, -0.1) is 11.8 Å². The van der Waals surface area contributed by atoms with Crippen molar-refractivity contribution >= 4 is 17.3 Å². The van der Waals surface area contributed by atoms with E-state index >= 15 is 0 Å². The van der Waals surface area contributed by atoms with Crippen LogP contribution < -0.4 is 5.32 Å². The summed E-state index contributed by atoms with van der Waals surface area (Å²) >= 11 is 1.56. The van der Waals surface area contributed by atoms with Crippen LogP contribution in [0.15, 0.2) is 11.8 Å². The lowest BCUT2D eigenvalue weighted by molar-refractivity contribution is 0.633. The summed E-state index contributed by atoms with van der Waals surface area (Å²) in [5.41, 5.74) is 2.72. The third-order valence-corrected chi connectivity index (χ3v) is 2.85. The zero-order chi connectivity index (χ0) is 11.0. The van der Waals surface area contributed by atoms with E-state index in [1.807, 2.05) is 0 Å². The van der Waals surface area contributed by atoms with Gasteiger partial charge < -0.3 is 10.7 Å². The van der Waals surface area contributed by atoms with Crippen molar-refractivity contribution in [3.63, 3.8) is 0 Å². The lowest BCUT2D eigenvalue weighted by Crippen LogP contribution is -2.31. The fourth-order valence-corrected chi connectivity index (χ4v) is 1.59. The van der Waals surface area contributed by atoms with Crippen molar-refractivity contribution in [3.05, 3.63) is 11.8 Å². The monoisotopic (exact) mass is 214 g/mol. The Balaban J connectivity index is 4.01. The van der Waals surface area contributed by atoms with Gasteiger partial charge >= 0.3 is 0 Å². The number of nitrogens with one attached hydrogen (secondary N) is 2. The maximum absolute atomic E-state index is 7.07. The van der Waals surface area contributed by atoms with Gasteiger partial charge in [-0.2, -0.15) is 0 Å². The first-order valence-corrected chi connectivity index (χ1v) is 6.03. The molecule has 0 aromatic heterocycles. The largest absolute Gasteiger partial charge is 0.387 e. The highest BCUT2D eigenvalue weighted by molar-refractivity contribution is 8.13. The Labute approximate surface area is 92.1 Å². The van der Waals surface area contributed by atoms with Gasteiger partial charge in [-0.05, 0) is 26.7 Å². The molecule has 0 saturated heterocycles. The normalized spacial score (nSPS) is 12.7. The fraction of sp³-hybridized carbons (Fsp3) is 0.727. The van der Waals surface area contributed by atoms with Gasteiger partial charge in [-0.25, -0.2) is 0 Å². The van der Waals surface area contributed by atoms with Crippen LogP contribution in [0, 0.1) is 5.41 Å². The van der Waals surface area contributed by atoms with Crippen molar-refractivity contribution in [1.29, 1.82) is 5.41 Å². The molecule has 0 amide bonds. The van der Waals surface area contributed by atoms with Crippen LogP contribution in [-0.2, 0) is 0 Å². The van der Waals surface area contributed by atoms with E-state index in [9.17, 15) is 0 Å². The molecule has 0 heterocycles. The van der Waals surface area contributed by atoms with Gasteiger partial charge in [0.2, 0.25) is 0 Å². The van der Waals surface area contributed by atoms with E-state index < -0.39 is 0 Å². The molecule has 2 N–H and O–H groups in total. The molecule has 2 nitrogen and oxygen atoms in total. The van der Waals surface area contributed by atoms with Crippen LogP contribution in [0.4, 0.5) is 0 Å². The lowest BCUT2D eigenvalue weighted by Gasteiger charge is -2.23. The van der Waals surface area contributed by atoms with E-state index in [0.717, 1.165) is 19.4 Å². The number of thioether (sulfide) groups is 1. The van der Waals surface area contributed by atoms with E-state index in [-0.39, 0.29) is 4.75 Å². The topological polar surface area (TPSA) is 35.9 Å². The smallest absolute Gasteiger partial charge is 0.0512 e. The van der Waals surface area contributed by atoms with Crippen LogP contribution in [0.1, 0.15) is 40.5 Å². The summed E-state index contributed by atoms with van der Waals surface area (Å²) in [4.78, 5) is 0. The molecule has 0 aromatic carbocycles. The maximum atomic E-state index is 7.07.